The second-order valence-electron chi connectivity index (χ2n) is 9.61. The highest BCUT2D eigenvalue weighted by molar-refractivity contribution is 7.89. The average molecular weight is 440 g/mol. The smallest absolute Gasteiger partial charge is 0.243 e. The van der Waals surface area contributed by atoms with Gasteiger partial charge in [-0.2, -0.15) is 4.31 Å². The van der Waals surface area contributed by atoms with Crippen LogP contribution < -0.4 is 0 Å². The Kier molecular flexibility index (Phi) is 5.97. The molecular formula is C25H33N3O2S. The molecule has 5 nitrogen and oxygen atoms in total. The van der Waals surface area contributed by atoms with Crippen molar-refractivity contribution in [1.82, 2.24) is 13.9 Å². The molecule has 0 unspecified atom stereocenters. The van der Waals surface area contributed by atoms with E-state index in [1.54, 1.807) is 16.4 Å². The molecule has 1 aliphatic rings. The lowest BCUT2D eigenvalue weighted by Crippen LogP contribution is -2.37. The van der Waals surface area contributed by atoms with Gasteiger partial charge in [0.1, 0.15) is 5.65 Å². The average Bonchev–Trinajstić information content (AvgIpc) is 3.12. The fourth-order valence-corrected chi connectivity index (χ4v) is 6.04. The van der Waals surface area contributed by atoms with Gasteiger partial charge in [0.05, 0.1) is 4.90 Å². The molecule has 0 spiro atoms. The Balaban J connectivity index is 1.52. The third-order valence-electron chi connectivity index (χ3n) is 6.38. The number of piperidine rings is 1. The Bertz CT molecular complexity index is 1150. The molecule has 3 aromatic rings. The second-order valence-corrected chi connectivity index (χ2v) is 11.5. The zero-order valence-corrected chi connectivity index (χ0v) is 19.8. The van der Waals surface area contributed by atoms with Gasteiger partial charge in [-0.05, 0) is 66.0 Å². The van der Waals surface area contributed by atoms with Crippen molar-refractivity contribution in [1.29, 1.82) is 0 Å². The number of hydrogen-bond donors (Lipinski definition) is 0. The summed E-state index contributed by atoms with van der Waals surface area (Å²) in [5, 5.41) is 1.20. The first-order chi connectivity index (χ1) is 14.7. The van der Waals surface area contributed by atoms with Crippen molar-refractivity contribution in [3.8, 4) is 0 Å². The summed E-state index contributed by atoms with van der Waals surface area (Å²) in [6, 6.07) is 11.5. The first kappa shape index (κ1) is 22.0. The Morgan fingerprint density at radius 3 is 2.35 bits per heavy atom. The number of fused-ring (bicyclic) bond motifs is 1. The molecule has 0 saturated carbocycles. The van der Waals surface area contributed by atoms with Gasteiger partial charge in [0.2, 0.25) is 10.0 Å². The fraction of sp³-hybridized carbons (Fsp3) is 0.480. The maximum atomic E-state index is 13.2. The lowest BCUT2D eigenvalue weighted by atomic mass is 9.87. The molecule has 0 amide bonds. The number of nitrogens with zero attached hydrogens (tertiary/aromatic N) is 3. The summed E-state index contributed by atoms with van der Waals surface area (Å²) in [6.07, 6.45) is 6.81. The van der Waals surface area contributed by atoms with Crippen LogP contribution >= 0.6 is 0 Å². The minimum Gasteiger partial charge on any atom is -0.332 e. The molecule has 1 aromatic carbocycles. The van der Waals surface area contributed by atoms with Crippen molar-refractivity contribution in [2.24, 2.45) is 0 Å². The van der Waals surface area contributed by atoms with Crippen LogP contribution in [0.5, 0.6) is 0 Å². The molecule has 1 saturated heterocycles. The highest BCUT2D eigenvalue weighted by Gasteiger charge is 2.31. The van der Waals surface area contributed by atoms with Crippen LogP contribution in [0.1, 0.15) is 64.0 Å². The lowest BCUT2D eigenvalue weighted by molar-refractivity contribution is 0.320. The Hall–Kier alpha value is -2.18. The molecule has 0 aliphatic carbocycles. The molecular weight excluding hydrogens is 406 g/mol. The monoisotopic (exact) mass is 439 g/mol. The van der Waals surface area contributed by atoms with E-state index in [1.165, 1.54) is 10.9 Å². The van der Waals surface area contributed by atoms with Crippen molar-refractivity contribution in [3.05, 3.63) is 59.9 Å². The van der Waals surface area contributed by atoms with Crippen LogP contribution in [-0.2, 0) is 22.0 Å². The molecule has 0 N–H and O–H groups in total. The van der Waals surface area contributed by atoms with E-state index in [4.69, 9.17) is 0 Å². The molecule has 31 heavy (non-hydrogen) atoms. The number of hydrogen-bond acceptors (Lipinski definition) is 3. The second kappa shape index (κ2) is 8.40. The molecule has 166 valence electrons. The molecule has 4 rings (SSSR count). The van der Waals surface area contributed by atoms with E-state index >= 15 is 0 Å². The van der Waals surface area contributed by atoms with E-state index in [1.807, 2.05) is 24.4 Å². The highest BCUT2D eigenvalue weighted by atomic mass is 32.2. The lowest BCUT2D eigenvalue weighted by Gasteiger charge is -2.31. The fourth-order valence-electron chi connectivity index (χ4n) is 4.57. The molecule has 1 fully saturated rings. The molecule has 0 radical (unpaired) electrons. The standard InChI is InChI=1S/C25H33N3O2S/c1-5-15-27-18-23(22-7-6-14-26-24(22)27)19-12-16-28(17-13-19)31(29,30)21-10-8-20(9-11-21)25(2,3)4/h6-11,14,18-19H,5,12-13,15-17H2,1-4H3. The Morgan fingerprint density at radius 1 is 1.06 bits per heavy atom. The first-order valence-corrected chi connectivity index (χ1v) is 12.7. The topological polar surface area (TPSA) is 55.2 Å². The van der Waals surface area contributed by atoms with E-state index in [0.717, 1.165) is 37.0 Å². The number of pyridine rings is 1. The predicted octanol–water partition coefficient (Wildman–Crippen LogP) is 5.31. The number of rotatable bonds is 5. The minimum atomic E-state index is -3.46. The molecule has 2 aromatic heterocycles. The van der Waals surface area contributed by atoms with Gasteiger partial charge in [0, 0.05) is 37.4 Å². The summed E-state index contributed by atoms with van der Waals surface area (Å²) >= 11 is 0. The summed E-state index contributed by atoms with van der Waals surface area (Å²) in [5.74, 6) is 0.361. The summed E-state index contributed by atoms with van der Waals surface area (Å²) in [6.45, 7) is 10.6. The predicted molar refractivity (Wildman–Crippen MR) is 126 cm³/mol. The van der Waals surface area contributed by atoms with Gasteiger partial charge in [-0.15, -0.1) is 0 Å². The molecule has 0 bridgehead atoms. The van der Waals surface area contributed by atoms with E-state index in [9.17, 15) is 8.42 Å². The van der Waals surface area contributed by atoms with E-state index in [2.05, 4.69) is 49.5 Å². The van der Waals surface area contributed by atoms with E-state index in [0.29, 0.717) is 23.9 Å². The number of benzene rings is 1. The first-order valence-electron chi connectivity index (χ1n) is 11.3. The van der Waals surface area contributed by atoms with Crippen molar-refractivity contribution >= 4 is 21.1 Å². The van der Waals surface area contributed by atoms with E-state index < -0.39 is 10.0 Å². The zero-order valence-electron chi connectivity index (χ0n) is 19.0. The van der Waals surface area contributed by atoms with Gasteiger partial charge in [-0.3, -0.25) is 0 Å². The van der Waals surface area contributed by atoms with Gasteiger partial charge < -0.3 is 4.57 Å². The Morgan fingerprint density at radius 2 is 1.74 bits per heavy atom. The van der Waals surface area contributed by atoms with Crippen LogP contribution in [0.2, 0.25) is 0 Å². The third-order valence-corrected chi connectivity index (χ3v) is 8.29. The molecule has 1 aliphatic heterocycles. The van der Waals surface area contributed by atoms with Gasteiger partial charge in [-0.1, -0.05) is 39.8 Å². The third kappa shape index (κ3) is 4.28. The van der Waals surface area contributed by atoms with Gasteiger partial charge in [0.15, 0.2) is 0 Å². The van der Waals surface area contributed by atoms with Crippen LogP contribution in [0.25, 0.3) is 11.0 Å². The molecule has 0 atom stereocenters. The summed E-state index contributed by atoms with van der Waals surface area (Å²) in [7, 11) is -3.46. The largest absolute Gasteiger partial charge is 0.332 e. The molecule has 6 heteroatoms. The van der Waals surface area contributed by atoms with Crippen LogP contribution in [0.4, 0.5) is 0 Å². The van der Waals surface area contributed by atoms with Crippen LogP contribution in [0.3, 0.4) is 0 Å². The summed E-state index contributed by atoms with van der Waals surface area (Å²) in [4.78, 5) is 4.98. The van der Waals surface area contributed by atoms with Crippen molar-refractivity contribution in [2.75, 3.05) is 13.1 Å². The zero-order chi connectivity index (χ0) is 22.2. The molecule has 3 heterocycles. The van der Waals surface area contributed by atoms with Crippen LogP contribution in [-0.4, -0.2) is 35.4 Å². The van der Waals surface area contributed by atoms with E-state index in [-0.39, 0.29) is 5.41 Å². The quantitative estimate of drug-likeness (QED) is 0.541. The van der Waals surface area contributed by atoms with Crippen LogP contribution in [0, 0.1) is 0 Å². The van der Waals surface area contributed by atoms with Gasteiger partial charge >= 0.3 is 0 Å². The van der Waals surface area contributed by atoms with Crippen molar-refractivity contribution in [2.45, 2.75) is 69.7 Å². The summed E-state index contributed by atoms with van der Waals surface area (Å²) < 4.78 is 30.3. The number of aromatic nitrogens is 2. The number of aryl methyl sites for hydroxylation is 1. The van der Waals surface area contributed by atoms with Gasteiger partial charge in [-0.25, -0.2) is 13.4 Å². The summed E-state index contributed by atoms with van der Waals surface area (Å²) in [5.41, 5.74) is 3.49. The number of sulfonamides is 1. The van der Waals surface area contributed by atoms with Crippen molar-refractivity contribution < 1.29 is 8.42 Å². The normalized spacial score (nSPS) is 16.8. The Labute approximate surface area is 186 Å². The highest BCUT2D eigenvalue weighted by Crippen LogP contribution is 2.35. The maximum Gasteiger partial charge on any atom is 0.243 e. The van der Waals surface area contributed by atoms with Gasteiger partial charge in [0.25, 0.3) is 0 Å². The van der Waals surface area contributed by atoms with Crippen LogP contribution in [0.15, 0.2) is 53.7 Å². The minimum absolute atomic E-state index is 0.00640. The maximum absolute atomic E-state index is 13.2. The SMILES string of the molecule is CCCn1cc(C2CCN(S(=O)(=O)c3ccc(C(C)(C)C)cc3)CC2)c2cccnc21. The van der Waals surface area contributed by atoms with Crippen molar-refractivity contribution in [3.63, 3.8) is 0 Å².